The summed E-state index contributed by atoms with van der Waals surface area (Å²) >= 11 is 0. The standard InChI is InChI=1S/C20H23N3O5S/c1-13-7-8-18-17(11-13)23(29(3,26)27)10-9-19(28-18)20(25)22-16-6-4-5-15(12-16)21-14(2)24/h4-8,11-12,19H,9-10H2,1-3H3,(H,21,24)(H,22,25). The van der Waals surface area contributed by atoms with Crippen LogP contribution in [0.2, 0.25) is 0 Å². The van der Waals surface area contributed by atoms with Gasteiger partial charge in [0.2, 0.25) is 15.9 Å². The summed E-state index contributed by atoms with van der Waals surface area (Å²) in [4.78, 5) is 24.0. The maximum atomic E-state index is 12.8. The van der Waals surface area contributed by atoms with Crippen molar-refractivity contribution in [3.8, 4) is 5.75 Å². The summed E-state index contributed by atoms with van der Waals surface area (Å²) in [6.07, 6.45) is 0.457. The number of hydrogen-bond acceptors (Lipinski definition) is 5. The van der Waals surface area contributed by atoms with Crippen LogP contribution in [0.15, 0.2) is 42.5 Å². The number of aryl methyl sites for hydroxylation is 1. The molecule has 0 aliphatic carbocycles. The number of carbonyl (C=O) groups is 2. The van der Waals surface area contributed by atoms with Gasteiger partial charge in [-0.25, -0.2) is 8.42 Å². The van der Waals surface area contributed by atoms with Crippen LogP contribution in [-0.2, 0) is 19.6 Å². The number of benzene rings is 2. The van der Waals surface area contributed by atoms with Crippen molar-refractivity contribution >= 4 is 38.9 Å². The Morgan fingerprint density at radius 2 is 1.79 bits per heavy atom. The highest BCUT2D eigenvalue weighted by molar-refractivity contribution is 7.92. The Balaban J connectivity index is 1.82. The van der Waals surface area contributed by atoms with Crippen LogP contribution in [0, 0.1) is 6.92 Å². The average molecular weight is 417 g/mol. The van der Waals surface area contributed by atoms with E-state index < -0.39 is 22.0 Å². The van der Waals surface area contributed by atoms with E-state index in [1.165, 1.54) is 11.2 Å². The minimum absolute atomic E-state index is 0.124. The number of carbonyl (C=O) groups excluding carboxylic acids is 2. The maximum absolute atomic E-state index is 12.8. The topological polar surface area (TPSA) is 105 Å². The molecule has 3 rings (SSSR count). The number of ether oxygens (including phenoxy) is 1. The molecule has 0 aromatic heterocycles. The van der Waals surface area contributed by atoms with Crippen molar-refractivity contribution in [1.82, 2.24) is 0 Å². The number of nitrogens with one attached hydrogen (secondary N) is 2. The van der Waals surface area contributed by atoms with Gasteiger partial charge in [-0.1, -0.05) is 12.1 Å². The monoisotopic (exact) mass is 417 g/mol. The first-order chi connectivity index (χ1) is 13.6. The summed E-state index contributed by atoms with van der Waals surface area (Å²) in [6.45, 7) is 3.38. The zero-order chi connectivity index (χ0) is 21.2. The highest BCUT2D eigenvalue weighted by atomic mass is 32.2. The zero-order valence-corrected chi connectivity index (χ0v) is 17.2. The molecule has 1 aliphatic rings. The SMILES string of the molecule is CC(=O)Nc1cccc(NC(=O)C2CCN(S(C)(=O)=O)c3cc(C)ccc3O2)c1. The van der Waals surface area contributed by atoms with Crippen molar-refractivity contribution in [3.63, 3.8) is 0 Å². The van der Waals surface area contributed by atoms with Crippen LogP contribution in [0.5, 0.6) is 5.75 Å². The van der Waals surface area contributed by atoms with E-state index in [0.717, 1.165) is 11.8 Å². The fourth-order valence-electron chi connectivity index (χ4n) is 3.12. The molecule has 2 aromatic carbocycles. The number of amides is 2. The molecule has 9 heteroatoms. The van der Waals surface area contributed by atoms with E-state index in [0.29, 0.717) is 22.8 Å². The second kappa shape index (κ2) is 8.12. The molecule has 1 unspecified atom stereocenters. The molecule has 0 spiro atoms. The third-order valence-electron chi connectivity index (χ3n) is 4.39. The van der Waals surface area contributed by atoms with Crippen molar-refractivity contribution in [1.29, 1.82) is 0 Å². The van der Waals surface area contributed by atoms with Crippen LogP contribution in [0.3, 0.4) is 0 Å². The summed E-state index contributed by atoms with van der Waals surface area (Å²) < 4.78 is 31.6. The number of nitrogens with zero attached hydrogens (tertiary/aromatic N) is 1. The zero-order valence-electron chi connectivity index (χ0n) is 16.4. The smallest absolute Gasteiger partial charge is 0.265 e. The molecule has 0 saturated carbocycles. The molecule has 0 fully saturated rings. The van der Waals surface area contributed by atoms with Gasteiger partial charge in [-0.05, 0) is 42.8 Å². The third-order valence-corrected chi connectivity index (χ3v) is 5.57. The number of rotatable bonds is 4. The van der Waals surface area contributed by atoms with Crippen molar-refractivity contribution in [2.24, 2.45) is 0 Å². The van der Waals surface area contributed by atoms with Crippen molar-refractivity contribution in [2.75, 3.05) is 27.7 Å². The van der Waals surface area contributed by atoms with Crippen molar-refractivity contribution in [3.05, 3.63) is 48.0 Å². The molecule has 1 aliphatic heterocycles. The Labute approximate surface area is 169 Å². The number of fused-ring (bicyclic) bond motifs is 1. The van der Waals surface area contributed by atoms with Gasteiger partial charge in [-0.2, -0.15) is 0 Å². The van der Waals surface area contributed by atoms with Gasteiger partial charge in [0.1, 0.15) is 5.75 Å². The molecule has 1 heterocycles. The van der Waals surface area contributed by atoms with Gasteiger partial charge < -0.3 is 15.4 Å². The summed E-state index contributed by atoms with van der Waals surface area (Å²) in [5.41, 5.74) is 2.37. The van der Waals surface area contributed by atoms with E-state index in [1.807, 2.05) is 6.92 Å². The quantitative estimate of drug-likeness (QED) is 0.795. The molecule has 0 radical (unpaired) electrons. The second-order valence-electron chi connectivity index (χ2n) is 6.95. The highest BCUT2D eigenvalue weighted by Gasteiger charge is 2.31. The molecule has 0 saturated heterocycles. The molecule has 154 valence electrons. The van der Waals surface area contributed by atoms with Crippen LogP contribution in [0.25, 0.3) is 0 Å². The highest BCUT2D eigenvalue weighted by Crippen LogP contribution is 2.35. The van der Waals surface area contributed by atoms with Crippen molar-refractivity contribution in [2.45, 2.75) is 26.4 Å². The minimum atomic E-state index is -3.52. The van der Waals surface area contributed by atoms with E-state index >= 15 is 0 Å². The minimum Gasteiger partial charge on any atom is -0.478 e. The van der Waals surface area contributed by atoms with Crippen molar-refractivity contribution < 1.29 is 22.7 Å². The second-order valence-corrected chi connectivity index (χ2v) is 8.86. The lowest BCUT2D eigenvalue weighted by Crippen LogP contribution is -2.36. The third kappa shape index (κ3) is 5.05. The number of sulfonamides is 1. The fourth-order valence-corrected chi connectivity index (χ4v) is 4.06. The Bertz CT molecular complexity index is 1050. The lowest BCUT2D eigenvalue weighted by molar-refractivity contribution is -0.122. The van der Waals surface area contributed by atoms with Gasteiger partial charge >= 0.3 is 0 Å². The van der Waals surface area contributed by atoms with E-state index in [9.17, 15) is 18.0 Å². The molecule has 29 heavy (non-hydrogen) atoms. The molecule has 2 aromatic rings. The summed E-state index contributed by atoms with van der Waals surface area (Å²) in [5, 5.41) is 5.42. The van der Waals surface area contributed by atoms with Gasteiger partial charge in [0, 0.05) is 31.3 Å². The van der Waals surface area contributed by atoms with Gasteiger partial charge in [-0.3, -0.25) is 13.9 Å². The summed E-state index contributed by atoms with van der Waals surface area (Å²) in [5.74, 6) is -0.272. The molecule has 1 atom stereocenters. The first kappa shape index (κ1) is 20.7. The van der Waals surface area contributed by atoms with Crippen LogP contribution in [0.4, 0.5) is 17.1 Å². The predicted octanol–water partition coefficient (Wildman–Crippen LogP) is 2.51. The summed E-state index contributed by atoms with van der Waals surface area (Å²) in [7, 11) is -3.52. The van der Waals surface area contributed by atoms with Gasteiger partial charge in [0.05, 0.1) is 11.9 Å². The van der Waals surface area contributed by atoms with Crippen LogP contribution in [-0.4, -0.2) is 39.1 Å². The summed E-state index contributed by atoms with van der Waals surface area (Å²) in [6, 6.07) is 12.0. The van der Waals surface area contributed by atoms with Crippen LogP contribution >= 0.6 is 0 Å². The normalized spacial score (nSPS) is 16.2. The lowest BCUT2D eigenvalue weighted by Gasteiger charge is -2.21. The number of anilines is 3. The Hall–Kier alpha value is -3.07. The number of hydrogen-bond donors (Lipinski definition) is 2. The molecular formula is C20H23N3O5S. The van der Waals surface area contributed by atoms with E-state index in [4.69, 9.17) is 4.74 Å². The van der Waals surface area contributed by atoms with E-state index in [-0.39, 0.29) is 18.9 Å². The molecule has 2 N–H and O–H groups in total. The first-order valence-electron chi connectivity index (χ1n) is 9.07. The van der Waals surface area contributed by atoms with Gasteiger partial charge in [0.25, 0.3) is 5.91 Å². The largest absolute Gasteiger partial charge is 0.478 e. The Morgan fingerprint density at radius 1 is 1.10 bits per heavy atom. The van der Waals surface area contributed by atoms with Crippen LogP contribution in [0.1, 0.15) is 18.9 Å². The Morgan fingerprint density at radius 3 is 2.45 bits per heavy atom. The first-order valence-corrected chi connectivity index (χ1v) is 10.9. The lowest BCUT2D eigenvalue weighted by atomic mass is 10.2. The van der Waals surface area contributed by atoms with E-state index in [1.54, 1.807) is 42.5 Å². The van der Waals surface area contributed by atoms with Gasteiger partial charge in [-0.15, -0.1) is 0 Å². The maximum Gasteiger partial charge on any atom is 0.265 e. The molecule has 8 nitrogen and oxygen atoms in total. The molecular weight excluding hydrogens is 394 g/mol. The Kier molecular flexibility index (Phi) is 5.78. The molecule has 2 amide bonds. The van der Waals surface area contributed by atoms with Crippen LogP contribution < -0.4 is 19.7 Å². The average Bonchev–Trinajstić information content (AvgIpc) is 2.80. The predicted molar refractivity (Wildman–Crippen MR) is 112 cm³/mol. The van der Waals surface area contributed by atoms with E-state index in [2.05, 4.69) is 10.6 Å². The molecule has 0 bridgehead atoms. The van der Waals surface area contributed by atoms with Gasteiger partial charge in [0.15, 0.2) is 6.10 Å². The fraction of sp³-hybridized carbons (Fsp3) is 0.300.